The molecule has 1 amide bonds. The average molecular weight is 227 g/mol. The van der Waals surface area contributed by atoms with Crippen LogP contribution in [0.1, 0.15) is 12.7 Å². The first-order valence-electron chi connectivity index (χ1n) is 4.74. The molecule has 0 fully saturated rings. The Hall–Kier alpha value is -1.89. The van der Waals surface area contributed by atoms with E-state index in [1.165, 1.54) is 6.20 Å². The van der Waals surface area contributed by atoms with Crippen molar-refractivity contribution in [1.82, 2.24) is 10.5 Å². The molecule has 0 aromatic carbocycles. The van der Waals surface area contributed by atoms with Crippen molar-refractivity contribution in [2.24, 2.45) is 5.73 Å². The van der Waals surface area contributed by atoms with Gasteiger partial charge in [0.25, 0.3) is 0 Å². The summed E-state index contributed by atoms with van der Waals surface area (Å²) in [5.41, 5.74) is 5.35. The lowest BCUT2D eigenvalue weighted by molar-refractivity contribution is -0.148. The fourth-order valence-electron chi connectivity index (χ4n) is 0.957. The molecule has 0 bridgehead atoms. The van der Waals surface area contributed by atoms with Gasteiger partial charge in [0.15, 0.2) is 11.8 Å². The largest absolute Gasteiger partial charge is 0.464 e. The highest BCUT2D eigenvalue weighted by Crippen LogP contribution is 1.95. The standard InChI is InChI=1S/C9H13N3O4/c1-2-15-9(14)7(10)8(13)11-5-6-3-4-12-16-6/h3-4,7H,2,5,10H2,1H3,(H,11,13). The Kier molecular flexibility index (Phi) is 4.46. The molecule has 0 radical (unpaired) electrons. The van der Waals surface area contributed by atoms with E-state index >= 15 is 0 Å². The Morgan fingerprint density at radius 1 is 1.69 bits per heavy atom. The summed E-state index contributed by atoms with van der Waals surface area (Å²) in [6.45, 7) is 1.95. The first-order chi connectivity index (χ1) is 7.65. The predicted molar refractivity (Wildman–Crippen MR) is 53.0 cm³/mol. The zero-order chi connectivity index (χ0) is 12.0. The second-order valence-electron chi connectivity index (χ2n) is 2.93. The number of nitrogens with one attached hydrogen (secondary N) is 1. The molecule has 0 aliphatic heterocycles. The van der Waals surface area contributed by atoms with Crippen LogP contribution in [0.5, 0.6) is 0 Å². The van der Waals surface area contributed by atoms with Crippen LogP contribution in [-0.2, 0) is 20.9 Å². The molecule has 1 unspecified atom stereocenters. The third-order valence-electron chi connectivity index (χ3n) is 1.75. The van der Waals surface area contributed by atoms with Gasteiger partial charge >= 0.3 is 5.97 Å². The molecule has 0 saturated heterocycles. The molecule has 88 valence electrons. The number of ether oxygens (including phenoxy) is 1. The third kappa shape index (κ3) is 3.35. The lowest BCUT2D eigenvalue weighted by Gasteiger charge is -2.09. The van der Waals surface area contributed by atoms with Crippen molar-refractivity contribution in [3.05, 3.63) is 18.0 Å². The molecule has 7 heteroatoms. The molecule has 1 rings (SSSR count). The molecular weight excluding hydrogens is 214 g/mol. The van der Waals surface area contributed by atoms with Crippen LogP contribution in [0.25, 0.3) is 0 Å². The van der Waals surface area contributed by atoms with E-state index in [0.29, 0.717) is 5.76 Å². The number of amides is 1. The smallest absolute Gasteiger partial charge is 0.332 e. The number of carbonyl (C=O) groups is 2. The topological polar surface area (TPSA) is 107 Å². The van der Waals surface area contributed by atoms with Crippen LogP contribution >= 0.6 is 0 Å². The van der Waals surface area contributed by atoms with Crippen LogP contribution in [0, 0.1) is 0 Å². The molecule has 16 heavy (non-hydrogen) atoms. The molecule has 0 aliphatic rings. The van der Waals surface area contributed by atoms with Crippen LogP contribution < -0.4 is 11.1 Å². The van der Waals surface area contributed by atoms with E-state index in [4.69, 9.17) is 10.3 Å². The molecule has 3 N–H and O–H groups in total. The van der Waals surface area contributed by atoms with Crippen molar-refractivity contribution in [3.8, 4) is 0 Å². The molecule has 7 nitrogen and oxygen atoms in total. The lowest BCUT2D eigenvalue weighted by atomic mass is 10.3. The van der Waals surface area contributed by atoms with Gasteiger partial charge in [0.2, 0.25) is 5.91 Å². The van der Waals surface area contributed by atoms with E-state index in [1.54, 1.807) is 13.0 Å². The number of aromatic nitrogens is 1. The van der Waals surface area contributed by atoms with E-state index in [0.717, 1.165) is 0 Å². The summed E-state index contributed by atoms with van der Waals surface area (Å²) < 4.78 is 9.35. The molecule has 1 heterocycles. The molecule has 0 saturated carbocycles. The normalized spacial score (nSPS) is 11.9. The van der Waals surface area contributed by atoms with Crippen molar-refractivity contribution >= 4 is 11.9 Å². The summed E-state index contributed by atoms with van der Waals surface area (Å²) in [7, 11) is 0. The minimum atomic E-state index is -1.32. The van der Waals surface area contributed by atoms with Crippen molar-refractivity contribution in [2.75, 3.05) is 6.61 Å². The second kappa shape index (κ2) is 5.86. The molecular formula is C9H13N3O4. The van der Waals surface area contributed by atoms with Crippen LogP contribution in [-0.4, -0.2) is 29.7 Å². The first-order valence-corrected chi connectivity index (χ1v) is 4.74. The summed E-state index contributed by atoms with van der Waals surface area (Å²) in [5.74, 6) is -0.892. The number of hydrogen-bond donors (Lipinski definition) is 2. The highest BCUT2D eigenvalue weighted by atomic mass is 16.5. The van der Waals surface area contributed by atoms with Gasteiger partial charge in [0, 0.05) is 6.07 Å². The van der Waals surface area contributed by atoms with Gasteiger partial charge in [-0.05, 0) is 6.92 Å². The third-order valence-corrected chi connectivity index (χ3v) is 1.75. The van der Waals surface area contributed by atoms with Crippen LogP contribution in [0.15, 0.2) is 16.8 Å². The van der Waals surface area contributed by atoms with Gasteiger partial charge < -0.3 is 20.3 Å². The van der Waals surface area contributed by atoms with Crippen LogP contribution in [0.3, 0.4) is 0 Å². The average Bonchev–Trinajstić information content (AvgIpc) is 2.78. The van der Waals surface area contributed by atoms with Gasteiger partial charge in [0.05, 0.1) is 19.3 Å². The summed E-state index contributed by atoms with van der Waals surface area (Å²) in [5, 5.41) is 5.89. The summed E-state index contributed by atoms with van der Waals surface area (Å²) in [6.07, 6.45) is 1.45. The van der Waals surface area contributed by atoms with Crippen LogP contribution in [0.4, 0.5) is 0 Å². The van der Waals surface area contributed by atoms with Crippen molar-refractivity contribution in [2.45, 2.75) is 19.5 Å². The van der Waals surface area contributed by atoms with E-state index in [-0.39, 0.29) is 13.2 Å². The zero-order valence-corrected chi connectivity index (χ0v) is 8.80. The zero-order valence-electron chi connectivity index (χ0n) is 8.80. The minimum Gasteiger partial charge on any atom is -0.464 e. The van der Waals surface area contributed by atoms with Crippen molar-refractivity contribution in [1.29, 1.82) is 0 Å². The van der Waals surface area contributed by atoms with Crippen LogP contribution in [0.2, 0.25) is 0 Å². The molecule has 1 atom stereocenters. The highest BCUT2D eigenvalue weighted by molar-refractivity contribution is 6.01. The summed E-state index contributed by atoms with van der Waals surface area (Å²) in [6, 6.07) is 0.277. The van der Waals surface area contributed by atoms with E-state index in [2.05, 4.69) is 15.2 Å². The SMILES string of the molecule is CCOC(=O)C(N)C(=O)NCc1ccno1. The Morgan fingerprint density at radius 2 is 2.44 bits per heavy atom. The van der Waals surface area contributed by atoms with Crippen molar-refractivity contribution < 1.29 is 18.8 Å². The fraction of sp³-hybridized carbons (Fsp3) is 0.444. The van der Waals surface area contributed by atoms with Gasteiger partial charge in [-0.15, -0.1) is 0 Å². The maximum absolute atomic E-state index is 11.4. The Balaban J connectivity index is 2.37. The summed E-state index contributed by atoms with van der Waals surface area (Å²) >= 11 is 0. The van der Waals surface area contributed by atoms with E-state index in [1.807, 2.05) is 0 Å². The Bertz CT molecular complexity index is 350. The highest BCUT2D eigenvalue weighted by Gasteiger charge is 2.23. The maximum atomic E-state index is 11.4. The quantitative estimate of drug-likeness (QED) is 0.502. The fourth-order valence-corrected chi connectivity index (χ4v) is 0.957. The van der Waals surface area contributed by atoms with E-state index in [9.17, 15) is 9.59 Å². The number of carbonyl (C=O) groups excluding carboxylic acids is 2. The Labute approximate surface area is 91.9 Å². The number of nitrogens with zero attached hydrogens (tertiary/aromatic N) is 1. The second-order valence-corrected chi connectivity index (χ2v) is 2.93. The number of nitrogens with two attached hydrogens (primary N) is 1. The minimum absolute atomic E-state index is 0.131. The van der Waals surface area contributed by atoms with Gasteiger partial charge in [-0.1, -0.05) is 5.16 Å². The number of rotatable bonds is 5. The van der Waals surface area contributed by atoms with E-state index < -0.39 is 17.9 Å². The molecule has 1 aromatic heterocycles. The Morgan fingerprint density at radius 3 is 3.00 bits per heavy atom. The lowest BCUT2D eigenvalue weighted by Crippen LogP contribution is -2.46. The van der Waals surface area contributed by atoms with Gasteiger partial charge in [-0.2, -0.15) is 0 Å². The predicted octanol–water partition coefficient (Wildman–Crippen LogP) is -0.819. The molecule has 0 aliphatic carbocycles. The first kappa shape index (κ1) is 12.2. The number of hydrogen-bond acceptors (Lipinski definition) is 6. The number of esters is 1. The summed E-state index contributed by atoms with van der Waals surface area (Å²) in [4.78, 5) is 22.5. The van der Waals surface area contributed by atoms with Gasteiger partial charge in [-0.25, -0.2) is 4.79 Å². The van der Waals surface area contributed by atoms with Gasteiger partial charge in [0.1, 0.15) is 0 Å². The monoisotopic (exact) mass is 227 g/mol. The molecule has 1 aromatic rings. The van der Waals surface area contributed by atoms with Crippen molar-refractivity contribution in [3.63, 3.8) is 0 Å². The molecule has 0 spiro atoms. The van der Waals surface area contributed by atoms with Gasteiger partial charge in [-0.3, -0.25) is 4.79 Å². The maximum Gasteiger partial charge on any atom is 0.332 e.